The van der Waals surface area contributed by atoms with E-state index in [2.05, 4.69) is 0 Å². The number of amides is 2. The summed E-state index contributed by atoms with van der Waals surface area (Å²) in [4.78, 5) is 35.4. The van der Waals surface area contributed by atoms with Gasteiger partial charge < -0.3 is 9.84 Å². The Morgan fingerprint density at radius 3 is 2.32 bits per heavy atom. The van der Waals surface area contributed by atoms with Crippen molar-refractivity contribution in [1.29, 1.82) is 0 Å². The van der Waals surface area contributed by atoms with Crippen LogP contribution in [0.2, 0.25) is 0 Å². The van der Waals surface area contributed by atoms with Gasteiger partial charge in [0, 0.05) is 12.8 Å². The zero-order chi connectivity index (χ0) is 15.7. The Morgan fingerprint density at radius 1 is 1.05 bits per heavy atom. The number of likely N-dealkylation sites (tertiary alicyclic amines) is 1. The van der Waals surface area contributed by atoms with E-state index >= 15 is 0 Å². The maximum atomic E-state index is 11.7. The Morgan fingerprint density at radius 2 is 1.68 bits per heavy atom. The Bertz CT molecular complexity index is 754. The van der Waals surface area contributed by atoms with Crippen molar-refractivity contribution in [3.63, 3.8) is 0 Å². The number of carbonyl (C=O) groups is 3. The molecule has 0 bridgehead atoms. The van der Waals surface area contributed by atoms with Crippen molar-refractivity contribution in [1.82, 2.24) is 4.90 Å². The number of nitrogens with zero attached hydrogens (tertiary/aromatic N) is 1. The molecule has 2 aromatic carbocycles. The van der Waals surface area contributed by atoms with E-state index in [-0.39, 0.29) is 12.8 Å². The van der Waals surface area contributed by atoms with Crippen LogP contribution in [-0.2, 0) is 14.4 Å². The second-order valence-electron chi connectivity index (χ2n) is 4.97. The fourth-order valence-electron chi connectivity index (χ4n) is 2.44. The van der Waals surface area contributed by atoms with Gasteiger partial charge in [-0.25, -0.2) is 9.69 Å². The monoisotopic (exact) mass is 299 g/mol. The zero-order valence-electron chi connectivity index (χ0n) is 11.6. The van der Waals surface area contributed by atoms with Gasteiger partial charge in [-0.15, -0.1) is 0 Å². The van der Waals surface area contributed by atoms with Crippen molar-refractivity contribution in [2.45, 2.75) is 19.1 Å². The summed E-state index contributed by atoms with van der Waals surface area (Å²) in [5.41, 5.74) is 0. The number of carboxylic acids is 1. The summed E-state index contributed by atoms with van der Waals surface area (Å²) in [6, 6.07) is 12.6. The van der Waals surface area contributed by atoms with Gasteiger partial charge in [-0.2, -0.15) is 0 Å². The molecule has 0 aliphatic carbocycles. The highest BCUT2D eigenvalue weighted by atomic mass is 16.5. The lowest BCUT2D eigenvalue weighted by Gasteiger charge is -2.23. The summed E-state index contributed by atoms with van der Waals surface area (Å²) in [5, 5.41) is 11.1. The molecule has 0 aromatic heterocycles. The van der Waals surface area contributed by atoms with E-state index in [0.717, 1.165) is 10.8 Å². The molecule has 1 saturated heterocycles. The SMILES string of the molecule is O=C(O)C(Oc1ccc2ccccc2c1)N1C(=O)CCC1=O. The Hall–Kier alpha value is -2.89. The fourth-order valence-corrected chi connectivity index (χ4v) is 2.44. The third-order valence-electron chi connectivity index (χ3n) is 3.50. The van der Waals surface area contributed by atoms with Crippen LogP contribution in [0.5, 0.6) is 5.75 Å². The highest BCUT2D eigenvalue weighted by molar-refractivity contribution is 6.04. The first-order valence-electron chi connectivity index (χ1n) is 6.79. The van der Waals surface area contributed by atoms with Crippen LogP contribution in [0.15, 0.2) is 42.5 Å². The van der Waals surface area contributed by atoms with Crippen molar-refractivity contribution in [2.24, 2.45) is 0 Å². The highest BCUT2D eigenvalue weighted by Crippen LogP contribution is 2.24. The van der Waals surface area contributed by atoms with Crippen LogP contribution in [0.25, 0.3) is 10.8 Å². The van der Waals surface area contributed by atoms with Gasteiger partial charge in [-0.1, -0.05) is 30.3 Å². The van der Waals surface area contributed by atoms with Gasteiger partial charge in [-0.3, -0.25) is 9.59 Å². The molecule has 112 valence electrons. The lowest BCUT2D eigenvalue weighted by molar-refractivity contribution is -0.165. The van der Waals surface area contributed by atoms with Crippen LogP contribution >= 0.6 is 0 Å². The fraction of sp³-hybridized carbons (Fsp3) is 0.188. The molecule has 0 saturated carbocycles. The van der Waals surface area contributed by atoms with Crippen LogP contribution in [0.4, 0.5) is 0 Å². The smallest absolute Gasteiger partial charge is 0.367 e. The van der Waals surface area contributed by atoms with Crippen LogP contribution in [0.1, 0.15) is 12.8 Å². The molecule has 6 nitrogen and oxygen atoms in total. The molecular weight excluding hydrogens is 286 g/mol. The first-order valence-corrected chi connectivity index (χ1v) is 6.79. The van der Waals surface area contributed by atoms with E-state index in [4.69, 9.17) is 4.74 Å². The van der Waals surface area contributed by atoms with Crippen molar-refractivity contribution in [3.8, 4) is 5.75 Å². The van der Waals surface area contributed by atoms with Gasteiger partial charge in [0.1, 0.15) is 5.75 Å². The largest absolute Gasteiger partial charge is 0.477 e. The standard InChI is InChI=1S/C16H13NO5/c18-13-7-8-14(19)17(13)15(16(20)21)22-12-6-5-10-3-1-2-4-11(10)9-12/h1-6,9,15H,7-8H2,(H,20,21). The average molecular weight is 299 g/mol. The van der Waals surface area contributed by atoms with Gasteiger partial charge in [0.15, 0.2) is 0 Å². The number of rotatable bonds is 4. The molecule has 22 heavy (non-hydrogen) atoms. The average Bonchev–Trinajstić information content (AvgIpc) is 2.83. The van der Waals surface area contributed by atoms with E-state index in [1.807, 2.05) is 24.3 Å². The molecule has 1 heterocycles. The summed E-state index contributed by atoms with van der Waals surface area (Å²) in [5.74, 6) is -2.15. The van der Waals surface area contributed by atoms with Gasteiger partial charge in [-0.05, 0) is 22.9 Å². The predicted octanol–water partition coefficient (Wildman–Crippen LogP) is 1.78. The quantitative estimate of drug-likeness (QED) is 0.870. The first-order chi connectivity index (χ1) is 10.6. The number of benzene rings is 2. The third-order valence-corrected chi connectivity index (χ3v) is 3.50. The zero-order valence-corrected chi connectivity index (χ0v) is 11.6. The summed E-state index contributed by atoms with van der Waals surface area (Å²) in [6.07, 6.45) is -1.60. The molecule has 1 aliphatic rings. The van der Waals surface area contributed by atoms with Crippen molar-refractivity contribution in [3.05, 3.63) is 42.5 Å². The molecule has 1 N–H and O–H groups in total. The minimum atomic E-state index is -1.64. The highest BCUT2D eigenvalue weighted by Gasteiger charge is 2.40. The van der Waals surface area contributed by atoms with Crippen LogP contribution in [0, 0.1) is 0 Å². The van der Waals surface area contributed by atoms with E-state index in [1.54, 1.807) is 18.2 Å². The summed E-state index contributed by atoms with van der Waals surface area (Å²) in [6.45, 7) is 0. The van der Waals surface area contributed by atoms with Crippen molar-refractivity contribution < 1.29 is 24.2 Å². The Kier molecular flexibility index (Phi) is 3.50. The number of carboxylic acid groups (broad SMARTS) is 1. The number of hydrogen-bond donors (Lipinski definition) is 1. The maximum absolute atomic E-state index is 11.7. The molecule has 0 spiro atoms. The molecule has 1 fully saturated rings. The predicted molar refractivity (Wildman–Crippen MR) is 77.1 cm³/mol. The number of aliphatic carboxylic acids is 1. The number of carbonyl (C=O) groups excluding carboxylic acids is 2. The van der Waals surface area contributed by atoms with E-state index < -0.39 is 24.0 Å². The maximum Gasteiger partial charge on any atom is 0.367 e. The molecule has 1 aliphatic heterocycles. The van der Waals surface area contributed by atoms with Gasteiger partial charge in [0.25, 0.3) is 6.23 Å². The van der Waals surface area contributed by atoms with Gasteiger partial charge >= 0.3 is 5.97 Å². The normalized spacial score (nSPS) is 16.1. The van der Waals surface area contributed by atoms with E-state index in [9.17, 15) is 19.5 Å². The molecule has 3 rings (SSSR count). The molecule has 6 heteroatoms. The summed E-state index contributed by atoms with van der Waals surface area (Å²) < 4.78 is 5.39. The first kappa shape index (κ1) is 14.1. The van der Waals surface area contributed by atoms with Gasteiger partial charge in [0.05, 0.1) is 0 Å². The second kappa shape index (κ2) is 5.48. The molecular formula is C16H13NO5. The molecule has 2 amide bonds. The number of hydrogen-bond acceptors (Lipinski definition) is 4. The third kappa shape index (κ3) is 2.50. The summed E-state index contributed by atoms with van der Waals surface area (Å²) in [7, 11) is 0. The second-order valence-corrected chi connectivity index (χ2v) is 4.97. The van der Waals surface area contributed by atoms with E-state index in [0.29, 0.717) is 10.6 Å². The molecule has 1 unspecified atom stereocenters. The molecule has 1 atom stereocenters. The molecule has 2 aromatic rings. The minimum absolute atomic E-state index is 0.0176. The summed E-state index contributed by atoms with van der Waals surface area (Å²) >= 11 is 0. The number of ether oxygens (including phenoxy) is 1. The lowest BCUT2D eigenvalue weighted by Crippen LogP contribution is -2.48. The number of imide groups is 1. The molecule has 0 radical (unpaired) electrons. The Balaban J connectivity index is 1.91. The van der Waals surface area contributed by atoms with Crippen LogP contribution in [-0.4, -0.2) is 34.0 Å². The number of fused-ring (bicyclic) bond motifs is 1. The van der Waals surface area contributed by atoms with Gasteiger partial charge in [0.2, 0.25) is 11.8 Å². The van der Waals surface area contributed by atoms with Crippen LogP contribution < -0.4 is 4.74 Å². The van der Waals surface area contributed by atoms with E-state index in [1.165, 1.54) is 0 Å². The Labute approximate surface area is 125 Å². The minimum Gasteiger partial charge on any atom is -0.477 e. The topological polar surface area (TPSA) is 83.9 Å². The lowest BCUT2D eigenvalue weighted by atomic mass is 10.1. The van der Waals surface area contributed by atoms with Crippen LogP contribution in [0.3, 0.4) is 0 Å². The van der Waals surface area contributed by atoms with Crippen molar-refractivity contribution in [2.75, 3.05) is 0 Å². The van der Waals surface area contributed by atoms with Crippen molar-refractivity contribution >= 4 is 28.6 Å².